The monoisotopic (exact) mass is 428 g/mol. The molecule has 0 aromatic heterocycles. The minimum atomic E-state index is -2.80. The van der Waals surface area contributed by atoms with Gasteiger partial charge in [-0.05, 0) is 80.0 Å². The number of Topliss-reactive ketones (excluding diaryl/α,β-unsaturated/α-hetero) is 1. The maximum atomic E-state index is 13.2. The van der Waals surface area contributed by atoms with Crippen molar-refractivity contribution in [1.29, 1.82) is 0 Å². The molecule has 0 amide bonds. The molecule has 0 heterocycles. The zero-order valence-corrected chi connectivity index (χ0v) is 18.7. The average molecular weight is 429 g/mol. The van der Waals surface area contributed by atoms with E-state index >= 15 is 0 Å². The summed E-state index contributed by atoms with van der Waals surface area (Å²) in [5.74, 6) is 0.706. The molecule has 1 fully saturated rings. The van der Waals surface area contributed by atoms with Gasteiger partial charge in [0.15, 0.2) is 5.78 Å². The van der Waals surface area contributed by atoms with Gasteiger partial charge in [0.05, 0.1) is 11.1 Å². The lowest BCUT2D eigenvalue weighted by atomic mass is 9.77. The number of hydrogen-bond donors (Lipinski definition) is 1. The van der Waals surface area contributed by atoms with Gasteiger partial charge in [0.25, 0.3) is 6.43 Å². The van der Waals surface area contributed by atoms with Crippen molar-refractivity contribution in [3.8, 4) is 5.75 Å². The van der Waals surface area contributed by atoms with Crippen LogP contribution < -0.4 is 0 Å². The summed E-state index contributed by atoms with van der Waals surface area (Å²) >= 11 is 0. The second kappa shape index (κ2) is 10.9. The highest BCUT2D eigenvalue weighted by Gasteiger charge is 2.23. The second-order valence-corrected chi connectivity index (χ2v) is 9.02. The van der Waals surface area contributed by atoms with Crippen LogP contribution in [0, 0.1) is 12.8 Å². The predicted octanol–water partition coefficient (Wildman–Crippen LogP) is 7.92. The molecule has 31 heavy (non-hydrogen) atoms. The van der Waals surface area contributed by atoms with Crippen molar-refractivity contribution in [3.05, 3.63) is 64.2 Å². The summed E-state index contributed by atoms with van der Waals surface area (Å²) < 4.78 is 26.3. The Bertz CT molecular complexity index is 866. The quantitative estimate of drug-likeness (QED) is 0.412. The highest BCUT2D eigenvalue weighted by molar-refractivity contribution is 5.99. The lowest BCUT2D eigenvalue weighted by molar-refractivity contribution is 0.0976. The van der Waals surface area contributed by atoms with Gasteiger partial charge in [-0.1, -0.05) is 50.1 Å². The van der Waals surface area contributed by atoms with Crippen molar-refractivity contribution < 1.29 is 18.7 Å². The normalized spacial score (nSPS) is 19.0. The fourth-order valence-electron chi connectivity index (χ4n) is 4.95. The van der Waals surface area contributed by atoms with Crippen LogP contribution in [0.15, 0.2) is 36.4 Å². The Kier molecular flexibility index (Phi) is 8.22. The number of hydrogen-bond acceptors (Lipinski definition) is 2. The topological polar surface area (TPSA) is 37.3 Å². The summed E-state index contributed by atoms with van der Waals surface area (Å²) in [6, 6.07) is 11.7. The van der Waals surface area contributed by atoms with E-state index in [0.717, 1.165) is 12.3 Å². The molecule has 2 nitrogen and oxygen atoms in total. The zero-order chi connectivity index (χ0) is 22.4. The molecule has 1 aliphatic carbocycles. The van der Waals surface area contributed by atoms with Crippen LogP contribution in [-0.2, 0) is 6.42 Å². The maximum absolute atomic E-state index is 13.2. The molecule has 0 atom stereocenters. The predicted molar refractivity (Wildman–Crippen MR) is 121 cm³/mol. The van der Waals surface area contributed by atoms with Gasteiger partial charge in [-0.25, -0.2) is 8.78 Å². The van der Waals surface area contributed by atoms with Crippen molar-refractivity contribution in [2.24, 2.45) is 5.92 Å². The average Bonchev–Trinajstić information content (AvgIpc) is 2.75. The van der Waals surface area contributed by atoms with Gasteiger partial charge in [0, 0.05) is 6.42 Å². The number of phenolic OH excluding ortho intramolecular Hbond substituents is 1. The van der Waals surface area contributed by atoms with Crippen molar-refractivity contribution in [2.75, 3.05) is 0 Å². The van der Waals surface area contributed by atoms with Gasteiger partial charge in [-0.3, -0.25) is 4.79 Å². The molecule has 0 saturated heterocycles. The molecule has 0 radical (unpaired) electrons. The van der Waals surface area contributed by atoms with E-state index in [-0.39, 0.29) is 17.8 Å². The molecule has 2 aromatic carbocycles. The van der Waals surface area contributed by atoms with E-state index in [0.29, 0.717) is 17.9 Å². The first kappa shape index (κ1) is 23.4. The van der Waals surface area contributed by atoms with E-state index in [1.807, 2.05) is 0 Å². The third-order valence-electron chi connectivity index (χ3n) is 6.82. The number of carbonyl (C=O) groups is 1. The van der Waals surface area contributed by atoms with Gasteiger partial charge in [-0.15, -0.1) is 0 Å². The Morgan fingerprint density at radius 3 is 2.35 bits per heavy atom. The summed E-state index contributed by atoms with van der Waals surface area (Å²) in [7, 11) is 0. The fourth-order valence-corrected chi connectivity index (χ4v) is 4.95. The van der Waals surface area contributed by atoms with E-state index in [4.69, 9.17) is 0 Å². The van der Waals surface area contributed by atoms with Gasteiger partial charge in [0.1, 0.15) is 5.75 Å². The summed E-state index contributed by atoms with van der Waals surface area (Å²) in [4.78, 5) is 12.5. The number of benzene rings is 2. The van der Waals surface area contributed by atoms with E-state index in [2.05, 4.69) is 31.2 Å². The second-order valence-electron chi connectivity index (χ2n) is 9.02. The summed E-state index contributed by atoms with van der Waals surface area (Å²) in [5.41, 5.74) is 2.44. The van der Waals surface area contributed by atoms with Crippen molar-refractivity contribution in [2.45, 2.75) is 84.0 Å². The molecule has 1 saturated carbocycles. The first-order valence-electron chi connectivity index (χ1n) is 11.6. The SMILES string of the molecule is CCCC1CCC(c2ccc(CCCC(=O)c3ccc(C)c(C(F)F)c3O)cc2)CC1. The molecular weight excluding hydrogens is 394 g/mol. The third-order valence-corrected chi connectivity index (χ3v) is 6.82. The first-order chi connectivity index (χ1) is 14.9. The van der Waals surface area contributed by atoms with Crippen molar-refractivity contribution >= 4 is 5.78 Å². The van der Waals surface area contributed by atoms with Gasteiger partial charge in [-0.2, -0.15) is 0 Å². The van der Waals surface area contributed by atoms with Gasteiger partial charge < -0.3 is 5.11 Å². The molecule has 1 aliphatic rings. The van der Waals surface area contributed by atoms with Crippen LogP contribution in [0.5, 0.6) is 5.75 Å². The number of rotatable bonds is 9. The first-order valence-corrected chi connectivity index (χ1v) is 11.6. The lowest BCUT2D eigenvalue weighted by Crippen LogP contribution is -2.13. The third kappa shape index (κ3) is 5.93. The minimum Gasteiger partial charge on any atom is -0.507 e. The summed E-state index contributed by atoms with van der Waals surface area (Å²) in [6.45, 7) is 3.78. The fraction of sp³-hybridized carbons (Fsp3) is 0.519. The number of alkyl halides is 2. The highest BCUT2D eigenvalue weighted by Crippen LogP contribution is 2.38. The van der Waals surface area contributed by atoms with Crippen molar-refractivity contribution in [3.63, 3.8) is 0 Å². The van der Waals surface area contributed by atoms with Crippen LogP contribution in [0.4, 0.5) is 8.78 Å². The minimum absolute atomic E-state index is 0.00470. The molecule has 0 unspecified atom stereocenters. The molecule has 168 valence electrons. The number of aryl methyl sites for hydroxylation is 2. The lowest BCUT2D eigenvalue weighted by Gasteiger charge is -2.28. The highest BCUT2D eigenvalue weighted by atomic mass is 19.3. The number of halogens is 2. The van der Waals surface area contributed by atoms with Gasteiger partial charge >= 0.3 is 0 Å². The van der Waals surface area contributed by atoms with E-state index < -0.39 is 17.7 Å². The number of aromatic hydroxyl groups is 1. The largest absolute Gasteiger partial charge is 0.507 e. The van der Waals surface area contributed by atoms with E-state index in [1.54, 1.807) is 0 Å². The summed E-state index contributed by atoms with van der Waals surface area (Å²) in [5, 5.41) is 10.1. The molecule has 1 N–H and O–H groups in total. The molecule has 3 rings (SSSR count). The number of carbonyl (C=O) groups excluding carboxylic acids is 1. The van der Waals surface area contributed by atoms with Crippen molar-refractivity contribution in [1.82, 2.24) is 0 Å². The van der Waals surface area contributed by atoms with Crippen LogP contribution in [0.2, 0.25) is 0 Å². The van der Waals surface area contributed by atoms with Crippen LogP contribution in [0.1, 0.15) is 103 Å². The molecule has 2 aromatic rings. The van der Waals surface area contributed by atoms with Gasteiger partial charge in [0.2, 0.25) is 0 Å². The Morgan fingerprint density at radius 1 is 1.06 bits per heavy atom. The molecular formula is C27H34F2O2. The smallest absolute Gasteiger partial charge is 0.267 e. The standard InChI is InChI=1S/C27H34F2O2/c1-3-5-19-9-13-21(14-10-19)22-15-11-20(12-16-22)6-4-7-24(30)23-17-8-18(2)25(26(23)31)27(28)29/h8,11-12,15-17,19,21,27,31H,3-7,9-10,13-14H2,1-2H3. The van der Waals surface area contributed by atoms with Crippen LogP contribution >= 0.6 is 0 Å². The Labute approximate surface area is 184 Å². The Balaban J connectivity index is 1.51. The number of phenols is 1. The molecule has 0 aliphatic heterocycles. The molecule has 0 spiro atoms. The van der Waals surface area contributed by atoms with E-state index in [1.165, 1.54) is 68.7 Å². The summed E-state index contributed by atoms with van der Waals surface area (Å²) in [6.07, 6.45) is 6.66. The Morgan fingerprint density at radius 2 is 1.74 bits per heavy atom. The van der Waals surface area contributed by atoms with E-state index in [9.17, 15) is 18.7 Å². The zero-order valence-electron chi connectivity index (χ0n) is 18.7. The Hall–Kier alpha value is -2.23. The number of ketones is 1. The molecule has 0 bridgehead atoms. The molecule has 4 heteroatoms. The van der Waals surface area contributed by atoms with Crippen LogP contribution in [0.3, 0.4) is 0 Å². The van der Waals surface area contributed by atoms with Crippen LogP contribution in [-0.4, -0.2) is 10.9 Å². The van der Waals surface area contributed by atoms with Crippen LogP contribution in [0.25, 0.3) is 0 Å². The maximum Gasteiger partial charge on any atom is 0.267 e.